The van der Waals surface area contributed by atoms with Gasteiger partial charge in [0, 0.05) is 36.9 Å². The van der Waals surface area contributed by atoms with Crippen molar-refractivity contribution in [2.24, 2.45) is 5.92 Å². The van der Waals surface area contributed by atoms with Crippen LogP contribution in [0.3, 0.4) is 0 Å². The molecule has 2 rings (SSSR count). The summed E-state index contributed by atoms with van der Waals surface area (Å²) in [5.74, 6) is 0.465. The van der Waals surface area contributed by atoms with Crippen molar-refractivity contribution >= 4 is 11.6 Å². The Bertz CT molecular complexity index is 454. The number of amides is 1. The summed E-state index contributed by atoms with van der Waals surface area (Å²) in [6.45, 7) is 7.40. The Labute approximate surface area is 120 Å². The molecule has 110 valence electrons. The highest BCUT2D eigenvalue weighted by atomic mass is 16.5. The fraction of sp³-hybridized carbons (Fsp3) is 0.562. The Morgan fingerprint density at radius 2 is 2.30 bits per heavy atom. The van der Waals surface area contributed by atoms with E-state index in [1.807, 2.05) is 25.1 Å². The van der Waals surface area contributed by atoms with Crippen LogP contribution >= 0.6 is 0 Å². The van der Waals surface area contributed by atoms with Crippen LogP contribution in [0.4, 0.5) is 5.69 Å². The summed E-state index contributed by atoms with van der Waals surface area (Å²) in [6, 6.07) is 5.81. The average molecular weight is 276 g/mol. The number of hydrogen-bond acceptors (Lipinski definition) is 3. The molecule has 1 aliphatic rings. The summed E-state index contributed by atoms with van der Waals surface area (Å²) in [7, 11) is 0. The van der Waals surface area contributed by atoms with Gasteiger partial charge in [0.05, 0.1) is 6.61 Å². The van der Waals surface area contributed by atoms with Gasteiger partial charge in [0.25, 0.3) is 5.91 Å². The smallest absolute Gasteiger partial charge is 0.251 e. The second kappa shape index (κ2) is 7.29. The van der Waals surface area contributed by atoms with E-state index < -0.39 is 0 Å². The van der Waals surface area contributed by atoms with Crippen molar-refractivity contribution < 1.29 is 9.53 Å². The molecule has 0 saturated carbocycles. The molecule has 4 nitrogen and oxygen atoms in total. The maximum atomic E-state index is 12.1. The van der Waals surface area contributed by atoms with Crippen molar-refractivity contribution in [3.8, 4) is 0 Å². The van der Waals surface area contributed by atoms with Gasteiger partial charge in [-0.3, -0.25) is 4.79 Å². The SMILES string of the molecule is CCCNc1ccc(C(=O)NCC2CCOC2)cc1C. The van der Waals surface area contributed by atoms with Gasteiger partial charge in [0.2, 0.25) is 0 Å². The normalized spacial score (nSPS) is 18.0. The van der Waals surface area contributed by atoms with Gasteiger partial charge in [-0.2, -0.15) is 0 Å². The topological polar surface area (TPSA) is 50.4 Å². The molecule has 1 amide bonds. The highest BCUT2D eigenvalue weighted by Gasteiger charge is 2.16. The van der Waals surface area contributed by atoms with Gasteiger partial charge in [-0.25, -0.2) is 0 Å². The summed E-state index contributed by atoms with van der Waals surface area (Å²) in [5, 5.41) is 6.35. The number of ether oxygens (including phenoxy) is 1. The molecule has 4 heteroatoms. The second-order valence-corrected chi connectivity index (χ2v) is 5.40. The summed E-state index contributed by atoms with van der Waals surface area (Å²) in [6.07, 6.45) is 2.13. The van der Waals surface area contributed by atoms with Crippen LogP contribution in [0.15, 0.2) is 18.2 Å². The van der Waals surface area contributed by atoms with E-state index in [9.17, 15) is 4.79 Å². The lowest BCUT2D eigenvalue weighted by molar-refractivity contribution is 0.0945. The van der Waals surface area contributed by atoms with Gasteiger partial charge in [-0.1, -0.05) is 6.92 Å². The first-order valence-electron chi connectivity index (χ1n) is 7.41. The van der Waals surface area contributed by atoms with E-state index in [-0.39, 0.29) is 5.91 Å². The Balaban J connectivity index is 1.90. The third-order valence-electron chi connectivity index (χ3n) is 3.63. The zero-order valence-corrected chi connectivity index (χ0v) is 12.4. The number of aryl methyl sites for hydroxylation is 1. The molecule has 20 heavy (non-hydrogen) atoms. The van der Waals surface area contributed by atoms with Gasteiger partial charge in [-0.15, -0.1) is 0 Å². The van der Waals surface area contributed by atoms with Crippen molar-refractivity contribution in [2.75, 3.05) is 31.6 Å². The Kier molecular flexibility index (Phi) is 5.41. The van der Waals surface area contributed by atoms with Gasteiger partial charge in [-0.05, 0) is 43.5 Å². The number of nitrogens with one attached hydrogen (secondary N) is 2. The van der Waals surface area contributed by atoms with Gasteiger partial charge in [0.1, 0.15) is 0 Å². The predicted molar refractivity (Wildman–Crippen MR) is 81.2 cm³/mol. The largest absolute Gasteiger partial charge is 0.385 e. The first-order chi connectivity index (χ1) is 9.70. The Morgan fingerprint density at radius 1 is 1.45 bits per heavy atom. The minimum atomic E-state index is 0.00189. The van der Waals surface area contributed by atoms with Crippen LogP contribution in [-0.2, 0) is 4.74 Å². The van der Waals surface area contributed by atoms with E-state index >= 15 is 0 Å². The number of rotatable bonds is 6. The lowest BCUT2D eigenvalue weighted by Gasteiger charge is -2.12. The number of hydrogen-bond donors (Lipinski definition) is 2. The van der Waals surface area contributed by atoms with Crippen molar-refractivity contribution in [1.82, 2.24) is 5.32 Å². The highest BCUT2D eigenvalue weighted by molar-refractivity contribution is 5.94. The molecular weight excluding hydrogens is 252 g/mol. The first kappa shape index (κ1) is 14.9. The molecule has 1 aromatic rings. The number of anilines is 1. The van der Waals surface area contributed by atoms with Crippen molar-refractivity contribution in [1.29, 1.82) is 0 Å². The second-order valence-electron chi connectivity index (χ2n) is 5.40. The van der Waals surface area contributed by atoms with Crippen LogP contribution in [0.5, 0.6) is 0 Å². The molecule has 1 saturated heterocycles. The molecule has 1 fully saturated rings. The fourth-order valence-electron chi connectivity index (χ4n) is 2.35. The molecule has 1 unspecified atom stereocenters. The minimum Gasteiger partial charge on any atom is -0.385 e. The number of carbonyl (C=O) groups excluding carboxylic acids is 1. The standard InChI is InChI=1S/C16H24N2O2/c1-3-7-17-15-5-4-14(9-12(15)2)16(19)18-10-13-6-8-20-11-13/h4-5,9,13,17H,3,6-8,10-11H2,1-2H3,(H,18,19). The van der Waals surface area contributed by atoms with E-state index in [0.717, 1.165) is 49.4 Å². The van der Waals surface area contributed by atoms with Gasteiger partial charge < -0.3 is 15.4 Å². The van der Waals surface area contributed by atoms with Crippen LogP contribution in [0.25, 0.3) is 0 Å². The number of benzene rings is 1. The molecule has 2 N–H and O–H groups in total. The maximum absolute atomic E-state index is 12.1. The lowest BCUT2D eigenvalue weighted by atomic mass is 10.1. The van der Waals surface area contributed by atoms with Crippen molar-refractivity contribution in [3.05, 3.63) is 29.3 Å². The molecule has 0 radical (unpaired) electrons. The molecule has 1 heterocycles. The Hall–Kier alpha value is -1.55. The van der Waals surface area contributed by atoms with Gasteiger partial charge >= 0.3 is 0 Å². The van der Waals surface area contributed by atoms with Crippen LogP contribution < -0.4 is 10.6 Å². The molecule has 0 spiro atoms. The lowest BCUT2D eigenvalue weighted by Crippen LogP contribution is -2.29. The minimum absolute atomic E-state index is 0.00189. The van der Waals surface area contributed by atoms with Crippen molar-refractivity contribution in [3.63, 3.8) is 0 Å². The van der Waals surface area contributed by atoms with E-state index in [1.54, 1.807) is 0 Å². The Morgan fingerprint density at radius 3 is 2.95 bits per heavy atom. The molecule has 1 aromatic carbocycles. The summed E-state index contributed by atoms with van der Waals surface area (Å²) >= 11 is 0. The predicted octanol–water partition coefficient (Wildman–Crippen LogP) is 2.58. The average Bonchev–Trinajstić information content (AvgIpc) is 2.96. The van der Waals surface area contributed by atoms with E-state index in [1.165, 1.54) is 0 Å². The zero-order chi connectivity index (χ0) is 14.4. The number of carbonyl (C=O) groups is 1. The van der Waals surface area contributed by atoms with Crippen LogP contribution in [0, 0.1) is 12.8 Å². The quantitative estimate of drug-likeness (QED) is 0.839. The van der Waals surface area contributed by atoms with Gasteiger partial charge in [0.15, 0.2) is 0 Å². The first-order valence-corrected chi connectivity index (χ1v) is 7.41. The van der Waals surface area contributed by atoms with Crippen LogP contribution in [-0.4, -0.2) is 32.2 Å². The molecule has 1 atom stereocenters. The third-order valence-corrected chi connectivity index (χ3v) is 3.63. The molecule has 0 aliphatic carbocycles. The van der Waals surface area contributed by atoms with E-state index in [4.69, 9.17) is 4.74 Å². The summed E-state index contributed by atoms with van der Waals surface area (Å²) < 4.78 is 5.31. The monoisotopic (exact) mass is 276 g/mol. The van der Waals surface area contributed by atoms with E-state index in [0.29, 0.717) is 12.5 Å². The molecular formula is C16H24N2O2. The highest BCUT2D eigenvalue weighted by Crippen LogP contribution is 2.17. The summed E-state index contributed by atoms with van der Waals surface area (Å²) in [4.78, 5) is 12.1. The maximum Gasteiger partial charge on any atom is 0.251 e. The zero-order valence-electron chi connectivity index (χ0n) is 12.4. The van der Waals surface area contributed by atoms with Crippen molar-refractivity contribution in [2.45, 2.75) is 26.7 Å². The van der Waals surface area contributed by atoms with Crippen LogP contribution in [0.1, 0.15) is 35.7 Å². The molecule has 0 bridgehead atoms. The third kappa shape index (κ3) is 3.97. The van der Waals surface area contributed by atoms with E-state index in [2.05, 4.69) is 17.6 Å². The summed E-state index contributed by atoms with van der Waals surface area (Å²) in [5.41, 5.74) is 2.94. The van der Waals surface area contributed by atoms with Crippen LogP contribution in [0.2, 0.25) is 0 Å². The molecule has 0 aromatic heterocycles. The fourth-order valence-corrected chi connectivity index (χ4v) is 2.35. The molecule has 1 aliphatic heterocycles.